The molecular formula is C29H27N3O. The van der Waals surface area contributed by atoms with Crippen LogP contribution < -0.4 is 5.32 Å². The van der Waals surface area contributed by atoms with Gasteiger partial charge in [0, 0.05) is 18.3 Å². The van der Waals surface area contributed by atoms with E-state index in [4.69, 9.17) is 4.98 Å². The standard InChI is InChI=1S/C29H27N3O/c1-2-3-19-31-29(33)27-18-17-24(28(32-27)26-16-10-11-20-30-26)25(23-14-8-5-9-15-23)21-22-12-6-4-7-13-22/h4-18,20-21H,2-3,19H2,1H3,(H,31,33)/b25-21+. The molecule has 0 aliphatic carbocycles. The van der Waals surface area contributed by atoms with Crippen LogP contribution in [0.25, 0.3) is 23.0 Å². The highest BCUT2D eigenvalue weighted by atomic mass is 16.1. The van der Waals surface area contributed by atoms with Crippen LogP contribution in [0.15, 0.2) is 97.2 Å². The zero-order valence-corrected chi connectivity index (χ0v) is 18.7. The maximum Gasteiger partial charge on any atom is 0.269 e. The number of nitrogens with one attached hydrogen (secondary N) is 1. The minimum Gasteiger partial charge on any atom is -0.351 e. The average Bonchev–Trinajstić information content (AvgIpc) is 2.89. The Balaban J connectivity index is 1.86. The molecule has 0 saturated heterocycles. The summed E-state index contributed by atoms with van der Waals surface area (Å²) < 4.78 is 0. The highest BCUT2D eigenvalue weighted by Gasteiger charge is 2.17. The second kappa shape index (κ2) is 11.0. The van der Waals surface area contributed by atoms with E-state index in [9.17, 15) is 4.79 Å². The van der Waals surface area contributed by atoms with Crippen LogP contribution >= 0.6 is 0 Å². The van der Waals surface area contributed by atoms with Crippen molar-refractivity contribution in [1.29, 1.82) is 0 Å². The van der Waals surface area contributed by atoms with Crippen LogP contribution in [0.1, 0.15) is 46.9 Å². The van der Waals surface area contributed by atoms with E-state index in [1.807, 2.05) is 60.7 Å². The summed E-state index contributed by atoms with van der Waals surface area (Å²) in [5.74, 6) is -0.166. The quantitative estimate of drug-likeness (QED) is 0.263. The van der Waals surface area contributed by atoms with Gasteiger partial charge in [-0.15, -0.1) is 0 Å². The van der Waals surface area contributed by atoms with Gasteiger partial charge >= 0.3 is 0 Å². The molecule has 33 heavy (non-hydrogen) atoms. The van der Waals surface area contributed by atoms with Crippen molar-refractivity contribution < 1.29 is 4.79 Å². The molecule has 164 valence electrons. The topological polar surface area (TPSA) is 54.9 Å². The van der Waals surface area contributed by atoms with Gasteiger partial charge in [0.15, 0.2) is 0 Å². The Morgan fingerprint density at radius 2 is 1.61 bits per heavy atom. The lowest BCUT2D eigenvalue weighted by atomic mass is 9.93. The van der Waals surface area contributed by atoms with Crippen molar-refractivity contribution in [2.75, 3.05) is 6.54 Å². The SMILES string of the molecule is CCCCNC(=O)c1ccc(/C(=C/c2ccccc2)c2ccccc2)c(-c2ccccn2)n1. The number of rotatable bonds is 8. The summed E-state index contributed by atoms with van der Waals surface area (Å²) in [6.07, 6.45) is 5.86. The lowest BCUT2D eigenvalue weighted by Gasteiger charge is -2.15. The van der Waals surface area contributed by atoms with Crippen LogP contribution in [0, 0.1) is 0 Å². The molecule has 4 heteroatoms. The van der Waals surface area contributed by atoms with Crippen molar-refractivity contribution in [3.8, 4) is 11.4 Å². The van der Waals surface area contributed by atoms with Crippen LogP contribution in [0.3, 0.4) is 0 Å². The van der Waals surface area contributed by atoms with Crippen LogP contribution in [0.5, 0.6) is 0 Å². The van der Waals surface area contributed by atoms with Crippen molar-refractivity contribution >= 4 is 17.6 Å². The average molecular weight is 434 g/mol. The Kier molecular flexibility index (Phi) is 7.39. The number of hydrogen-bond donors (Lipinski definition) is 1. The number of carbonyl (C=O) groups is 1. The van der Waals surface area contributed by atoms with Crippen LogP contribution in [-0.2, 0) is 0 Å². The molecule has 0 spiro atoms. The van der Waals surface area contributed by atoms with Gasteiger partial charge in [-0.05, 0) is 53.5 Å². The molecule has 1 N–H and O–H groups in total. The van der Waals surface area contributed by atoms with E-state index >= 15 is 0 Å². The lowest BCUT2D eigenvalue weighted by Crippen LogP contribution is -2.25. The third-order valence-corrected chi connectivity index (χ3v) is 5.34. The number of unbranched alkanes of at least 4 members (excludes halogenated alkanes) is 1. The van der Waals surface area contributed by atoms with Gasteiger partial charge in [0.2, 0.25) is 0 Å². The molecule has 2 aromatic heterocycles. The maximum absolute atomic E-state index is 12.7. The molecule has 0 fully saturated rings. The molecule has 0 unspecified atom stereocenters. The number of carbonyl (C=O) groups excluding carboxylic acids is 1. The molecule has 4 rings (SSSR count). The first kappa shape index (κ1) is 22.2. The summed E-state index contributed by atoms with van der Waals surface area (Å²) in [4.78, 5) is 22.1. The van der Waals surface area contributed by atoms with E-state index in [-0.39, 0.29) is 5.91 Å². The van der Waals surface area contributed by atoms with E-state index in [2.05, 4.69) is 47.6 Å². The summed E-state index contributed by atoms with van der Waals surface area (Å²) in [5.41, 5.74) is 5.91. The minimum absolute atomic E-state index is 0.166. The summed E-state index contributed by atoms with van der Waals surface area (Å²) in [5, 5.41) is 2.96. The fraction of sp³-hybridized carbons (Fsp3) is 0.138. The van der Waals surface area contributed by atoms with Crippen molar-refractivity contribution in [2.45, 2.75) is 19.8 Å². The summed E-state index contributed by atoms with van der Waals surface area (Å²) >= 11 is 0. The third kappa shape index (κ3) is 5.60. The Labute approximate surface area is 195 Å². The molecule has 0 saturated carbocycles. The van der Waals surface area contributed by atoms with Crippen LogP contribution in [0.4, 0.5) is 0 Å². The molecule has 2 heterocycles. The molecule has 0 radical (unpaired) electrons. The van der Waals surface area contributed by atoms with Gasteiger partial charge in [-0.25, -0.2) is 4.98 Å². The van der Waals surface area contributed by atoms with E-state index in [0.29, 0.717) is 17.9 Å². The number of nitrogens with zero attached hydrogens (tertiary/aromatic N) is 2. The normalized spacial score (nSPS) is 11.2. The summed E-state index contributed by atoms with van der Waals surface area (Å²) in [6, 6.07) is 29.9. The number of hydrogen-bond acceptors (Lipinski definition) is 3. The molecular weight excluding hydrogens is 406 g/mol. The fourth-order valence-corrected chi connectivity index (χ4v) is 3.62. The number of pyridine rings is 2. The van der Waals surface area contributed by atoms with Gasteiger partial charge < -0.3 is 5.32 Å². The van der Waals surface area contributed by atoms with Crippen LogP contribution in [0.2, 0.25) is 0 Å². The van der Waals surface area contributed by atoms with Gasteiger partial charge in [0.25, 0.3) is 5.91 Å². The van der Waals surface area contributed by atoms with Gasteiger partial charge in [0.1, 0.15) is 5.69 Å². The molecule has 1 amide bonds. The Hall–Kier alpha value is -4.05. The van der Waals surface area contributed by atoms with E-state index in [0.717, 1.165) is 40.8 Å². The number of benzene rings is 2. The number of aromatic nitrogens is 2. The monoisotopic (exact) mass is 433 g/mol. The summed E-state index contributed by atoms with van der Waals surface area (Å²) in [6.45, 7) is 2.74. The van der Waals surface area contributed by atoms with Crippen molar-refractivity contribution in [1.82, 2.24) is 15.3 Å². The zero-order valence-electron chi connectivity index (χ0n) is 18.7. The molecule has 0 aliphatic rings. The highest BCUT2D eigenvalue weighted by Crippen LogP contribution is 2.32. The van der Waals surface area contributed by atoms with Crippen molar-refractivity contribution in [3.05, 3.63) is 120 Å². The minimum atomic E-state index is -0.166. The van der Waals surface area contributed by atoms with E-state index < -0.39 is 0 Å². The third-order valence-electron chi connectivity index (χ3n) is 5.34. The van der Waals surface area contributed by atoms with Crippen molar-refractivity contribution in [3.63, 3.8) is 0 Å². The molecule has 2 aromatic carbocycles. The number of amides is 1. The Bertz CT molecular complexity index is 1220. The van der Waals surface area contributed by atoms with Gasteiger partial charge in [-0.3, -0.25) is 9.78 Å². The second-order valence-electron chi connectivity index (χ2n) is 7.75. The lowest BCUT2D eigenvalue weighted by molar-refractivity contribution is 0.0948. The summed E-state index contributed by atoms with van der Waals surface area (Å²) in [7, 11) is 0. The van der Waals surface area contributed by atoms with Crippen LogP contribution in [-0.4, -0.2) is 22.4 Å². The molecule has 0 aliphatic heterocycles. The van der Waals surface area contributed by atoms with E-state index in [1.54, 1.807) is 12.3 Å². The Morgan fingerprint density at radius 3 is 2.30 bits per heavy atom. The predicted molar refractivity (Wildman–Crippen MR) is 135 cm³/mol. The zero-order chi connectivity index (χ0) is 22.9. The fourth-order valence-electron chi connectivity index (χ4n) is 3.62. The predicted octanol–water partition coefficient (Wildman–Crippen LogP) is 6.26. The smallest absolute Gasteiger partial charge is 0.269 e. The second-order valence-corrected chi connectivity index (χ2v) is 7.75. The first-order valence-corrected chi connectivity index (χ1v) is 11.3. The van der Waals surface area contributed by atoms with Crippen molar-refractivity contribution in [2.24, 2.45) is 0 Å². The Morgan fingerprint density at radius 1 is 0.879 bits per heavy atom. The molecule has 0 atom stereocenters. The maximum atomic E-state index is 12.7. The molecule has 4 nitrogen and oxygen atoms in total. The first-order chi connectivity index (χ1) is 16.3. The molecule has 0 bridgehead atoms. The van der Waals surface area contributed by atoms with Gasteiger partial charge in [-0.2, -0.15) is 0 Å². The largest absolute Gasteiger partial charge is 0.351 e. The highest BCUT2D eigenvalue weighted by molar-refractivity contribution is 5.98. The molecule has 4 aromatic rings. The van der Waals surface area contributed by atoms with Gasteiger partial charge in [0.05, 0.1) is 11.4 Å². The van der Waals surface area contributed by atoms with Gasteiger partial charge in [-0.1, -0.05) is 80.1 Å². The first-order valence-electron chi connectivity index (χ1n) is 11.3. The van der Waals surface area contributed by atoms with E-state index in [1.165, 1.54) is 0 Å².